The first-order chi connectivity index (χ1) is 8.12. The lowest BCUT2D eigenvalue weighted by Gasteiger charge is -2.25. The molecule has 1 amide bonds. The van der Waals surface area contributed by atoms with Gasteiger partial charge >= 0.3 is 0 Å². The third-order valence-electron chi connectivity index (χ3n) is 3.83. The molecule has 1 aliphatic rings. The van der Waals surface area contributed by atoms with Crippen LogP contribution in [-0.4, -0.2) is 18.0 Å². The van der Waals surface area contributed by atoms with Crippen molar-refractivity contribution in [1.82, 2.24) is 5.32 Å². The Morgan fingerprint density at radius 2 is 2.12 bits per heavy atom. The molecule has 0 saturated heterocycles. The molecule has 0 heterocycles. The maximum absolute atomic E-state index is 11.9. The minimum Gasteiger partial charge on any atom is -0.354 e. The number of amides is 1. The SMILES string of the molecule is CCC(N)(CC)C(=O)NCCC1=CCCCC1. The predicted molar refractivity (Wildman–Crippen MR) is 71.7 cm³/mol. The molecule has 1 aliphatic carbocycles. The molecule has 98 valence electrons. The van der Waals surface area contributed by atoms with Crippen LogP contribution >= 0.6 is 0 Å². The molecule has 17 heavy (non-hydrogen) atoms. The Hall–Kier alpha value is -0.830. The normalized spacial score (nSPS) is 16.5. The third kappa shape index (κ3) is 4.15. The van der Waals surface area contributed by atoms with Crippen molar-refractivity contribution in [2.45, 2.75) is 64.3 Å². The molecule has 0 radical (unpaired) electrons. The zero-order valence-corrected chi connectivity index (χ0v) is 11.2. The molecule has 0 bridgehead atoms. The first-order valence-electron chi connectivity index (χ1n) is 6.87. The van der Waals surface area contributed by atoms with Crippen molar-refractivity contribution in [2.75, 3.05) is 6.54 Å². The molecule has 0 unspecified atom stereocenters. The van der Waals surface area contributed by atoms with Gasteiger partial charge in [0.1, 0.15) is 0 Å². The van der Waals surface area contributed by atoms with Gasteiger partial charge in [0.15, 0.2) is 0 Å². The smallest absolute Gasteiger partial charge is 0.240 e. The lowest BCUT2D eigenvalue weighted by atomic mass is 9.93. The Bertz CT molecular complexity index is 280. The van der Waals surface area contributed by atoms with E-state index in [1.54, 1.807) is 0 Å². The van der Waals surface area contributed by atoms with E-state index in [1.807, 2.05) is 13.8 Å². The fourth-order valence-electron chi connectivity index (χ4n) is 2.22. The molecule has 3 heteroatoms. The Labute approximate surface area is 105 Å². The van der Waals surface area contributed by atoms with Crippen molar-refractivity contribution in [3.8, 4) is 0 Å². The summed E-state index contributed by atoms with van der Waals surface area (Å²) in [5.74, 6) is -0.00101. The molecule has 0 spiro atoms. The average molecular weight is 238 g/mol. The van der Waals surface area contributed by atoms with Gasteiger partial charge in [0, 0.05) is 6.54 Å². The maximum Gasteiger partial charge on any atom is 0.240 e. The van der Waals surface area contributed by atoms with Crippen LogP contribution in [0.2, 0.25) is 0 Å². The number of hydrogen-bond acceptors (Lipinski definition) is 2. The molecule has 0 fully saturated rings. The van der Waals surface area contributed by atoms with E-state index in [4.69, 9.17) is 5.73 Å². The van der Waals surface area contributed by atoms with E-state index in [0.717, 1.165) is 13.0 Å². The van der Waals surface area contributed by atoms with Crippen molar-refractivity contribution in [3.63, 3.8) is 0 Å². The number of allylic oxidation sites excluding steroid dienone is 1. The van der Waals surface area contributed by atoms with Crippen molar-refractivity contribution in [2.24, 2.45) is 5.73 Å². The lowest BCUT2D eigenvalue weighted by Crippen LogP contribution is -2.53. The van der Waals surface area contributed by atoms with Gasteiger partial charge < -0.3 is 11.1 Å². The van der Waals surface area contributed by atoms with Crippen molar-refractivity contribution in [3.05, 3.63) is 11.6 Å². The molecular formula is C14H26N2O. The maximum atomic E-state index is 11.9. The molecule has 0 aromatic heterocycles. The van der Waals surface area contributed by atoms with Gasteiger partial charge in [0.25, 0.3) is 0 Å². The molecule has 0 aromatic rings. The van der Waals surface area contributed by atoms with Gasteiger partial charge in [-0.15, -0.1) is 0 Å². The zero-order valence-electron chi connectivity index (χ0n) is 11.2. The monoisotopic (exact) mass is 238 g/mol. The summed E-state index contributed by atoms with van der Waals surface area (Å²) in [6, 6.07) is 0. The Morgan fingerprint density at radius 1 is 1.41 bits per heavy atom. The summed E-state index contributed by atoms with van der Waals surface area (Å²) in [5.41, 5.74) is 6.85. The molecule has 0 atom stereocenters. The van der Waals surface area contributed by atoms with Crippen LogP contribution in [0.5, 0.6) is 0 Å². The summed E-state index contributed by atoms with van der Waals surface area (Å²) >= 11 is 0. The summed E-state index contributed by atoms with van der Waals surface area (Å²) in [7, 11) is 0. The fraction of sp³-hybridized carbons (Fsp3) is 0.786. The standard InChI is InChI=1S/C14H26N2O/c1-3-14(15,4-2)13(17)16-11-10-12-8-6-5-7-9-12/h8H,3-7,9-11,15H2,1-2H3,(H,16,17). The van der Waals surface area contributed by atoms with E-state index < -0.39 is 5.54 Å². The highest BCUT2D eigenvalue weighted by molar-refractivity contribution is 5.85. The van der Waals surface area contributed by atoms with E-state index >= 15 is 0 Å². The summed E-state index contributed by atoms with van der Waals surface area (Å²) in [6.45, 7) is 4.66. The van der Waals surface area contributed by atoms with Crippen LogP contribution in [0.1, 0.15) is 58.8 Å². The van der Waals surface area contributed by atoms with E-state index in [9.17, 15) is 4.79 Å². The first kappa shape index (κ1) is 14.2. The fourth-order valence-corrected chi connectivity index (χ4v) is 2.22. The molecule has 0 saturated carbocycles. The van der Waals surface area contributed by atoms with Gasteiger partial charge in [-0.3, -0.25) is 4.79 Å². The first-order valence-corrected chi connectivity index (χ1v) is 6.87. The summed E-state index contributed by atoms with van der Waals surface area (Å²) in [6.07, 6.45) is 9.70. The van der Waals surface area contributed by atoms with Gasteiger partial charge in [-0.05, 0) is 44.9 Å². The van der Waals surface area contributed by atoms with Crippen LogP contribution in [0.3, 0.4) is 0 Å². The Morgan fingerprint density at radius 3 is 2.65 bits per heavy atom. The number of rotatable bonds is 6. The van der Waals surface area contributed by atoms with Gasteiger partial charge in [0.2, 0.25) is 5.91 Å². The minimum absolute atomic E-state index is 0.00101. The molecule has 0 aromatic carbocycles. The highest BCUT2D eigenvalue weighted by atomic mass is 16.2. The topological polar surface area (TPSA) is 55.1 Å². The van der Waals surface area contributed by atoms with Crippen molar-refractivity contribution in [1.29, 1.82) is 0 Å². The van der Waals surface area contributed by atoms with Crippen LogP contribution < -0.4 is 11.1 Å². The summed E-state index contributed by atoms with van der Waals surface area (Å²) in [5, 5.41) is 2.97. The number of nitrogens with one attached hydrogen (secondary N) is 1. The van der Waals surface area contributed by atoms with Gasteiger partial charge in [-0.25, -0.2) is 0 Å². The zero-order chi connectivity index (χ0) is 12.7. The Kier molecular flexibility index (Phi) is 5.69. The van der Waals surface area contributed by atoms with E-state index in [0.29, 0.717) is 12.8 Å². The third-order valence-corrected chi connectivity index (χ3v) is 3.83. The van der Waals surface area contributed by atoms with E-state index in [2.05, 4.69) is 11.4 Å². The highest BCUT2D eigenvalue weighted by Crippen LogP contribution is 2.19. The second-order valence-corrected chi connectivity index (χ2v) is 4.98. The molecular weight excluding hydrogens is 212 g/mol. The van der Waals surface area contributed by atoms with E-state index in [-0.39, 0.29) is 5.91 Å². The average Bonchev–Trinajstić information content (AvgIpc) is 2.39. The van der Waals surface area contributed by atoms with Crippen LogP contribution in [0.15, 0.2) is 11.6 Å². The quantitative estimate of drug-likeness (QED) is 0.699. The van der Waals surface area contributed by atoms with Crippen molar-refractivity contribution < 1.29 is 4.79 Å². The molecule has 0 aliphatic heterocycles. The van der Waals surface area contributed by atoms with Gasteiger partial charge in [-0.2, -0.15) is 0 Å². The molecule has 3 nitrogen and oxygen atoms in total. The summed E-state index contributed by atoms with van der Waals surface area (Å²) in [4.78, 5) is 11.9. The second-order valence-electron chi connectivity index (χ2n) is 4.98. The molecule has 3 N–H and O–H groups in total. The van der Waals surface area contributed by atoms with Gasteiger partial charge in [-0.1, -0.05) is 25.5 Å². The second kappa shape index (κ2) is 6.80. The largest absolute Gasteiger partial charge is 0.354 e. The van der Waals surface area contributed by atoms with Crippen LogP contribution in [-0.2, 0) is 4.79 Å². The molecule has 1 rings (SSSR count). The minimum atomic E-state index is -0.680. The van der Waals surface area contributed by atoms with Crippen LogP contribution in [0.4, 0.5) is 0 Å². The van der Waals surface area contributed by atoms with Crippen molar-refractivity contribution >= 4 is 5.91 Å². The van der Waals surface area contributed by atoms with Crippen LogP contribution in [0, 0.1) is 0 Å². The lowest BCUT2D eigenvalue weighted by molar-refractivity contribution is -0.126. The van der Waals surface area contributed by atoms with E-state index in [1.165, 1.54) is 31.3 Å². The number of carbonyl (C=O) groups is 1. The number of carbonyl (C=O) groups excluding carboxylic acids is 1. The Balaban J connectivity index is 2.30. The van der Waals surface area contributed by atoms with Crippen LogP contribution in [0.25, 0.3) is 0 Å². The summed E-state index contributed by atoms with van der Waals surface area (Å²) < 4.78 is 0. The number of nitrogens with two attached hydrogens (primary N) is 1. The number of hydrogen-bond donors (Lipinski definition) is 2. The predicted octanol–water partition coefficient (Wildman–Crippen LogP) is 2.51. The van der Waals surface area contributed by atoms with Gasteiger partial charge in [0.05, 0.1) is 5.54 Å². The highest BCUT2D eigenvalue weighted by Gasteiger charge is 2.29.